The minimum atomic E-state index is -0.523. The van der Waals surface area contributed by atoms with Gasteiger partial charge in [-0.25, -0.2) is 4.79 Å². The Morgan fingerprint density at radius 3 is 2.38 bits per heavy atom. The topological polar surface area (TPSA) is 132 Å². The SMILES string of the molecule is CN(C)c1ccc2cc(CCC(=O)OCCOCCOCCOCCOC/C=C/CC3(C)C=Cc4c(ccc5c4[N+]([O-])=C4CCC(C)(C)C=C45)O3)c(=O)oc2c1. The summed E-state index contributed by atoms with van der Waals surface area (Å²) in [6, 6.07) is 11.4. The van der Waals surface area contributed by atoms with Gasteiger partial charge >= 0.3 is 11.6 Å². The van der Waals surface area contributed by atoms with E-state index < -0.39 is 17.2 Å². The highest BCUT2D eigenvalue weighted by atomic mass is 16.6. The van der Waals surface area contributed by atoms with Gasteiger partial charge in [0.15, 0.2) is 0 Å². The highest BCUT2D eigenvalue weighted by molar-refractivity contribution is 6.26. The van der Waals surface area contributed by atoms with Crippen molar-refractivity contribution in [2.75, 3.05) is 78.5 Å². The van der Waals surface area contributed by atoms with Crippen LogP contribution in [0.25, 0.3) is 22.6 Å². The first-order chi connectivity index (χ1) is 26.9. The monoisotopic (exact) mass is 770 g/mol. The van der Waals surface area contributed by atoms with Crippen LogP contribution in [0, 0.1) is 10.6 Å². The number of aryl methyl sites for hydroxylation is 1. The van der Waals surface area contributed by atoms with Gasteiger partial charge in [-0.05, 0) is 67.7 Å². The fourth-order valence-corrected chi connectivity index (χ4v) is 6.95. The van der Waals surface area contributed by atoms with Crippen molar-refractivity contribution in [1.82, 2.24) is 0 Å². The van der Waals surface area contributed by atoms with Crippen molar-refractivity contribution in [1.29, 1.82) is 0 Å². The summed E-state index contributed by atoms with van der Waals surface area (Å²) in [6.07, 6.45) is 13.1. The molecule has 0 N–H and O–H groups in total. The first-order valence-corrected chi connectivity index (χ1v) is 19.4. The average molecular weight is 771 g/mol. The zero-order valence-electron chi connectivity index (χ0n) is 33.2. The smallest absolute Gasteiger partial charge is 0.339 e. The molecule has 0 saturated heterocycles. The molecule has 300 valence electrons. The number of nitrogens with zero attached hydrogens (tertiary/aromatic N) is 2. The van der Waals surface area contributed by atoms with Gasteiger partial charge in [-0.3, -0.25) is 4.79 Å². The van der Waals surface area contributed by atoms with Crippen molar-refractivity contribution in [3.05, 3.63) is 93.0 Å². The van der Waals surface area contributed by atoms with Gasteiger partial charge < -0.3 is 42.9 Å². The van der Waals surface area contributed by atoms with Crippen molar-refractivity contribution >= 4 is 45.7 Å². The Bertz CT molecular complexity index is 2060. The molecule has 56 heavy (non-hydrogen) atoms. The number of allylic oxidation sites excluding steroid dienone is 2. The number of esters is 1. The number of hydrogen-bond donors (Lipinski definition) is 0. The third-order valence-electron chi connectivity index (χ3n) is 10.1. The summed E-state index contributed by atoms with van der Waals surface area (Å²) in [6.45, 7) is 9.86. The fraction of sp³-hybridized carbons (Fsp3) is 0.477. The van der Waals surface area contributed by atoms with E-state index in [9.17, 15) is 14.8 Å². The Kier molecular flexibility index (Phi) is 13.5. The normalized spacial score (nSPS) is 18.1. The zero-order chi connectivity index (χ0) is 39.7. The van der Waals surface area contributed by atoms with Crippen molar-refractivity contribution in [2.24, 2.45) is 5.41 Å². The number of rotatable bonds is 20. The fourth-order valence-electron chi connectivity index (χ4n) is 6.95. The number of benzene rings is 2. The Morgan fingerprint density at radius 2 is 1.64 bits per heavy atom. The standard InChI is InChI=1S/C44H54N2O10/c1-43(2)17-15-37-36(30-43)34-11-12-38-35(41(34)46(37)49)14-18-44(3,56-38)16-6-7-19-50-20-21-51-22-23-52-24-25-53-26-27-54-40(47)13-9-32-28-31-8-10-33(45(4)5)29-39(31)55-42(32)48/h6-8,10-12,14,18,28-30H,9,13,15-17,19-27H2,1-5H3/b7-6+. The van der Waals surface area contributed by atoms with Gasteiger partial charge in [0.25, 0.3) is 0 Å². The zero-order valence-corrected chi connectivity index (χ0v) is 33.2. The minimum absolute atomic E-state index is 0.0729. The van der Waals surface area contributed by atoms with E-state index in [1.165, 1.54) is 0 Å². The summed E-state index contributed by atoms with van der Waals surface area (Å²) in [7, 11) is 3.83. The summed E-state index contributed by atoms with van der Waals surface area (Å²) < 4.78 is 40.5. The maximum Gasteiger partial charge on any atom is 0.339 e. The molecule has 1 aromatic heterocycles. The molecule has 0 saturated carbocycles. The lowest BCUT2D eigenvalue weighted by Gasteiger charge is -2.31. The van der Waals surface area contributed by atoms with Crippen LogP contribution in [0.4, 0.5) is 11.4 Å². The lowest BCUT2D eigenvalue weighted by molar-refractivity contribution is -0.358. The molecule has 12 nitrogen and oxygen atoms in total. The summed E-state index contributed by atoms with van der Waals surface area (Å²) in [5.41, 5.74) is 5.45. The number of carbonyl (C=O) groups is 1. The van der Waals surface area contributed by atoms with Crippen LogP contribution in [0.1, 0.15) is 63.1 Å². The molecule has 1 unspecified atom stereocenters. The lowest BCUT2D eigenvalue weighted by Crippen LogP contribution is -2.31. The Labute approximate surface area is 328 Å². The van der Waals surface area contributed by atoms with Gasteiger partial charge in [0, 0.05) is 56.1 Å². The van der Waals surface area contributed by atoms with Gasteiger partial charge in [0.1, 0.15) is 23.5 Å². The van der Waals surface area contributed by atoms with E-state index >= 15 is 0 Å². The first-order valence-electron chi connectivity index (χ1n) is 19.4. The highest BCUT2D eigenvalue weighted by Crippen LogP contribution is 2.48. The van der Waals surface area contributed by atoms with E-state index in [1.807, 2.05) is 74.5 Å². The predicted octanol–water partition coefficient (Wildman–Crippen LogP) is 7.01. The van der Waals surface area contributed by atoms with E-state index in [2.05, 4.69) is 26.0 Å². The summed E-state index contributed by atoms with van der Waals surface area (Å²) in [4.78, 5) is 26.5. The number of ether oxygens (including phenoxy) is 6. The molecule has 1 aliphatic carbocycles. The first kappa shape index (κ1) is 40.9. The summed E-state index contributed by atoms with van der Waals surface area (Å²) in [5.74, 6) is 0.325. The minimum Gasteiger partial charge on any atom is -0.618 e. The largest absolute Gasteiger partial charge is 0.618 e. The third-order valence-corrected chi connectivity index (χ3v) is 10.1. The molecule has 0 radical (unpaired) electrons. The molecular weight excluding hydrogens is 716 g/mol. The second-order valence-electron chi connectivity index (χ2n) is 15.4. The second kappa shape index (κ2) is 18.5. The van der Waals surface area contributed by atoms with Crippen LogP contribution in [0.2, 0.25) is 0 Å². The second-order valence-corrected chi connectivity index (χ2v) is 15.4. The number of anilines is 1. The molecule has 3 heterocycles. The Hall–Kier alpha value is -4.75. The van der Waals surface area contributed by atoms with E-state index in [0.29, 0.717) is 69.5 Å². The van der Waals surface area contributed by atoms with Gasteiger partial charge in [-0.15, -0.1) is 0 Å². The van der Waals surface area contributed by atoms with Crippen LogP contribution < -0.4 is 15.3 Å². The van der Waals surface area contributed by atoms with E-state index in [4.69, 9.17) is 32.8 Å². The predicted molar refractivity (Wildman–Crippen MR) is 217 cm³/mol. The highest BCUT2D eigenvalue weighted by Gasteiger charge is 2.41. The number of carbonyl (C=O) groups excluding carboxylic acids is 1. The average Bonchev–Trinajstić information content (AvgIpc) is 3.44. The van der Waals surface area contributed by atoms with Crippen LogP contribution in [0.3, 0.4) is 0 Å². The van der Waals surface area contributed by atoms with Gasteiger partial charge in [-0.1, -0.05) is 32.1 Å². The maximum absolute atomic E-state index is 13.3. The van der Waals surface area contributed by atoms with Crippen molar-refractivity contribution in [3.63, 3.8) is 0 Å². The number of hydrogen-bond acceptors (Lipinski definition) is 11. The van der Waals surface area contributed by atoms with Crippen LogP contribution in [-0.4, -0.2) is 95.6 Å². The molecule has 0 amide bonds. The molecule has 12 heteroatoms. The maximum atomic E-state index is 13.3. The molecule has 3 aromatic rings. The Balaban J connectivity index is 0.759. The van der Waals surface area contributed by atoms with Crippen LogP contribution in [0.5, 0.6) is 5.75 Å². The van der Waals surface area contributed by atoms with Crippen LogP contribution >= 0.6 is 0 Å². The quantitative estimate of drug-likeness (QED) is 0.0294. The number of fused-ring (bicyclic) bond motifs is 6. The van der Waals surface area contributed by atoms with E-state index in [1.54, 1.807) is 6.07 Å². The lowest BCUT2D eigenvalue weighted by atomic mass is 9.77. The molecule has 3 aliphatic rings. The molecule has 2 aliphatic heterocycles. The Morgan fingerprint density at radius 1 is 0.929 bits per heavy atom. The summed E-state index contributed by atoms with van der Waals surface area (Å²) >= 11 is 0. The van der Waals surface area contributed by atoms with Crippen molar-refractivity contribution in [3.8, 4) is 5.75 Å². The third kappa shape index (κ3) is 10.4. The molecule has 6 rings (SSSR count). The van der Waals surface area contributed by atoms with Crippen LogP contribution in [-0.2, 0) is 34.9 Å². The molecule has 2 aromatic carbocycles. The van der Waals surface area contributed by atoms with Gasteiger partial charge in [-0.2, -0.15) is 4.74 Å². The summed E-state index contributed by atoms with van der Waals surface area (Å²) in [5, 5.41) is 14.1. The van der Waals surface area contributed by atoms with E-state index in [0.717, 1.165) is 56.8 Å². The molecule has 1 atom stereocenters. The van der Waals surface area contributed by atoms with Gasteiger partial charge in [0.2, 0.25) is 11.4 Å². The van der Waals surface area contributed by atoms with Crippen molar-refractivity contribution < 1.29 is 42.4 Å². The van der Waals surface area contributed by atoms with E-state index in [-0.39, 0.29) is 31.5 Å². The van der Waals surface area contributed by atoms with Gasteiger partial charge in [0.05, 0.1) is 69.6 Å². The van der Waals surface area contributed by atoms with Crippen molar-refractivity contribution in [2.45, 2.75) is 58.5 Å². The molecule has 0 spiro atoms. The molecule has 0 fully saturated rings. The van der Waals surface area contributed by atoms with Crippen LogP contribution in [0.15, 0.2) is 69.9 Å². The molecule has 0 bridgehead atoms. The molecular formula is C44H54N2O10.